The Kier molecular flexibility index (Phi) is 4.97. The average molecular weight is 209 g/mol. The van der Waals surface area contributed by atoms with E-state index in [1.165, 1.54) is 0 Å². The number of aromatic nitrogens is 3. The van der Waals surface area contributed by atoms with Crippen molar-refractivity contribution in [1.82, 2.24) is 20.3 Å². The molecule has 0 amide bonds. The van der Waals surface area contributed by atoms with Crippen LogP contribution in [0.2, 0.25) is 0 Å². The summed E-state index contributed by atoms with van der Waals surface area (Å²) in [5.74, 6) is 0. The van der Waals surface area contributed by atoms with Crippen LogP contribution >= 0.6 is 0 Å². The van der Waals surface area contributed by atoms with Gasteiger partial charge in [0.2, 0.25) is 0 Å². The van der Waals surface area contributed by atoms with E-state index in [2.05, 4.69) is 15.5 Å². The summed E-state index contributed by atoms with van der Waals surface area (Å²) in [6, 6.07) is 0. The fraction of sp³-hybridized carbons (Fsp3) is 0.700. The Balaban J connectivity index is 2.00. The average Bonchev–Trinajstić information content (AvgIpc) is 2.57. The molecule has 0 aliphatic carbocycles. The van der Waals surface area contributed by atoms with E-state index in [0.717, 1.165) is 43.8 Å². The zero-order valence-electron chi connectivity index (χ0n) is 9.45. The molecule has 0 saturated heterocycles. The van der Waals surface area contributed by atoms with Gasteiger partial charge in [0, 0.05) is 19.3 Å². The summed E-state index contributed by atoms with van der Waals surface area (Å²) in [6.45, 7) is 3.61. The van der Waals surface area contributed by atoms with Crippen LogP contribution in [0.4, 0.5) is 0 Å². The summed E-state index contributed by atoms with van der Waals surface area (Å²) in [5.41, 5.74) is 1.74. The van der Waals surface area contributed by atoms with Gasteiger partial charge in [-0.15, -0.1) is 0 Å². The minimum absolute atomic E-state index is 0.768. The van der Waals surface area contributed by atoms with Crippen molar-refractivity contribution in [3.8, 4) is 0 Å². The quantitative estimate of drug-likeness (QED) is 0.522. The van der Waals surface area contributed by atoms with E-state index in [4.69, 9.17) is 5.41 Å². The van der Waals surface area contributed by atoms with Gasteiger partial charge in [0.1, 0.15) is 0 Å². The number of hydrogen-bond donors (Lipinski definition) is 2. The Hall–Kier alpha value is -1.23. The largest absolute Gasteiger partial charge is 0.311 e. The third kappa shape index (κ3) is 5.27. The molecular weight excluding hydrogens is 190 g/mol. The summed E-state index contributed by atoms with van der Waals surface area (Å²) in [6.07, 6.45) is 4.88. The molecule has 84 valence electrons. The van der Waals surface area contributed by atoms with Crippen molar-refractivity contribution in [2.24, 2.45) is 7.05 Å². The highest BCUT2D eigenvalue weighted by atomic mass is 15.4. The summed E-state index contributed by atoms with van der Waals surface area (Å²) >= 11 is 0. The molecule has 2 N–H and O–H groups in total. The van der Waals surface area contributed by atoms with E-state index in [1.807, 2.05) is 14.0 Å². The monoisotopic (exact) mass is 209 g/mol. The van der Waals surface area contributed by atoms with Crippen LogP contribution in [0.1, 0.15) is 31.9 Å². The fourth-order valence-corrected chi connectivity index (χ4v) is 1.33. The summed E-state index contributed by atoms with van der Waals surface area (Å²) in [4.78, 5) is 1.56. The molecule has 0 unspecified atom stereocenters. The first kappa shape index (κ1) is 11.8. The van der Waals surface area contributed by atoms with Gasteiger partial charge in [-0.3, -0.25) is 0 Å². The Morgan fingerprint density at radius 3 is 2.93 bits per heavy atom. The molecule has 0 radical (unpaired) electrons. The molecule has 0 spiro atoms. The maximum atomic E-state index is 7.27. The Bertz CT molecular complexity index is 305. The van der Waals surface area contributed by atoms with Gasteiger partial charge >= 0.3 is 0 Å². The number of rotatable bonds is 7. The van der Waals surface area contributed by atoms with Crippen LogP contribution in [0.15, 0.2) is 6.20 Å². The first-order valence-electron chi connectivity index (χ1n) is 5.28. The molecule has 1 aromatic heterocycles. The molecule has 1 heterocycles. The number of aryl methyl sites for hydroxylation is 1. The third-order valence-corrected chi connectivity index (χ3v) is 2.11. The van der Waals surface area contributed by atoms with Crippen molar-refractivity contribution in [1.29, 1.82) is 5.41 Å². The van der Waals surface area contributed by atoms with Gasteiger partial charge in [-0.05, 0) is 32.7 Å². The van der Waals surface area contributed by atoms with Gasteiger partial charge in [0.15, 0.2) is 0 Å². The summed E-state index contributed by atoms with van der Waals surface area (Å²) in [7, 11) is 1.82. The van der Waals surface area contributed by atoms with E-state index in [9.17, 15) is 0 Å². The van der Waals surface area contributed by atoms with E-state index >= 15 is 0 Å². The van der Waals surface area contributed by atoms with E-state index < -0.39 is 0 Å². The first-order chi connectivity index (χ1) is 7.18. The number of nitrogens with one attached hydrogen (secondary N) is 2. The van der Waals surface area contributed by atoms with Gasteiger partial charge in [0.05, 0.1) is 11.9 Å². The first-order valence-corrected chi connectivity index (χ1v) is 5.28. The third-order valence-electron chi connectivity index (χ3n) is 2.11. The molecule has 0 aliphatic heterocycles. The van der Waals surface area contributed by atoms with Crippen LogP contribution < -0.4 is 5.32 Å². The van der Waals surface area contributed by atoms with Crippen molar-refractivity contribution in [2.45, 2.75) is 32.7 Å². The van der Waals surface area contributed by atoms with Crippen molar-refractivity contribution < 1.29 is 0 Å². The lowest BCUT2D eigenvalue weighted by atomic mass is 10.2. The predicted octanol–water partition coefficient (Wildman–Crippen LogP) is 1.11. The topological polar surface area (TPSA) is 66.6 Å². The maximum absolute atomic E-state index is 7.27. The normalized spacial score (nSPS) is 10.5. The zero-order valence-corrected chi connectivity index (χ0v) is 9.45. The van der Waals surface area contributed by atoms with Crippen molar-refractivity contribution in [2.75, 3.05) is 6.54 Å². The standard InChI is InChI=1S/C10H19N5/c1-9(11)5-3-4-6-12-7-10-8-13-15(2)14-10/h8,11-12H,3-7H2,1-2H3. The molecule has 0 bridgehead atoms. The molecule has 0 fully saturated rings. The Labute approximate surface area is 90.4 Å². The maximum Gasteiger partial charge on any atom is 0.0964 e. The van der Waals surface area contributed by atoms with Gasteiger partial charge < -0.3 is 10.7 Å². The van der Waals surface area contributed by atoms with Crippen LogP contribution in [0.3, 0.4) is 0 Å². The lowest BCUT2D eigenvalue weighted by Crippen LogP contribution is -2.15. The van der Waals surface area contributed by atoms with Crippen molar-refractivity contribution in [3.05, 3.63) is 11.9 Å². The van der Waals surface area contributed by atoms with E-state index in [0.29, 0.717) is 0 Å². The lowest BCUT2D eigenvalue weighted by molar-refractivity contribution is 0.603. The highest BCUT2D eigenvalue weighted by Crippen LogP contribution is 1.95. The van der Waals surface area contributed by atoms with Crippen LogP contribution in [0.25, 0.3) is 0 Å². The fourth-order valence-electron chi connectivity index (χ4n) is 1.33. The minimum atomic E-state index is 0.768. The highest BCUT2D eigenvalue weighted by molar-refractivity contribution is 5.78. The lowest BCUT2D eigenvalue weighted by Gasteiger charge is -2.01. The van der Waals surface area contributed by atoms with E-state index in [-0.39, 0.29) is 0 Å². The molecule has 1 rings (SSSR count). The number of unbranched alkanes of at least 4 members (excludes halogenated alkanes) is 1. The second kappa shape index (κ2) is 6.29. The van der Waals surface area contributed by atoms with Crippen molar-refractivity contribution in [3.63, 3.8) is 0 Å². The number of nitrogens with zero attached hydrogens (tertiary/aromatic N) is 3. The molecular formula is C10H19N5. The van der Waals surface area contributed by atoms with Gasteiger partial charge in [-0.1, -0.05) is 0 Å². The van der Waals surface area contributed by atoms with Gasteiger partial charge in [-0.2, -0.15) is 15.0 Å². The molecule has 15 heavy (non-hydrogen) atoms. The van der Waals surface area contributed by atoms with Crippen LogP contribution in [-0.4, -0.2) is 27.3 Å². The summed E-state index contributed by atoms with van der Waals surface area (Å²) < 4.78 is 0. The Morgan fingerprint density at radius 1 is 1.53 bits per heavy atom. The Morgan fingerprint density at radius 2 is 2.33 bits per heavy atom. The van der Waals surface area contributed by atoms with Crippen molar-refractivity contribution >= 4 is 5.71 Å². The number of hydrogen-bond acceptors (Lipinski definition) is 4. The molecule has 0 saturated carbocycles. The van der Waals surface area contributed by atoms with Gasteiger partial charge in [-0.25, -0.2) is 0 Å². The highest BCUT2D eigenvalue weighted by Gasteiger charge is 1.96. The van der Waals surface area contributed by atoms with Crippen LogP contribution in [0.5, 0.6) is 0 Å². The van der Waals surface area contributed by atoms with Crippen LogP contribution in [-0.2, 0) is 13.6 Å². The van der Waals surface area contributed by atoms with Gasteiger partial charge in [0.25, 0.3) is 0 Å². The second-order valence-electron chi connectivity index (χ2n) is 3.74. The molecule has 5 nitrogen and oxygen atoms in total. The molecule has 1 aromatic rings. The molecule has 0 aromatic carbocycles. The smallest absolute Gasteiger partial charge is 0.0964 e. The molecule has 0 atom stereocenters. The van der Waals surface area contributed by atoms with Crippen LogP contribution in [0, 0.1) is 5.41 Å². The molecule has 5 heteroatoms. The predicted molar refractivity (Wildman–Crippen MR) is 60.0 cm³/mol. The summed E-state index contributed by atoms with van der Waals surface area (Å²) in [5, 5.41) is 18.7. The second-order valence-corrected chi connectivity index (χ2v) is 3.74. The zero-order chi connectivity index (χ0) is 11.1. The molecule has 0 aliphatic rings. The minimum Gasteiger partial charge on any atom is -0.311 e. The SMILES string of the molecule is CC(=N)CCCCNCc1cnn(C)n1. The van der Waals surface area contributed by atoms with E-state index in [1.54, 1.807) is 11.0 Å².